The van der Waals surface area contributed by atoms with Gasteiger partial charge in [0.05, 0.1) is 5.56 Å². The number of hydrogen-bond donors (Lipinski definition) is 2. The molecule has 0 aromatic carbocycles. The maximum atomic E-state index is 12.8. The summed E-state index contributed by atoms with van der Waals surface area (Å²) < 4.78 is 38.5. The lowest BCUT2D eigenvalue weighted by molar-refractivity contribution is -0.137. The lowest BCUT2D eigenvalue weighted by Crippen LogP contribution is -2.16. The first-order valence-corrected chi connectivity index (χ1v) is 7.72. The first-order valence-electron chi connectivity index (χ1n) is 6.67. The Morgan fingerprint density at radius 3 is 2.55 bits per heavy atom. The maximum absolute atomic E-state index is 12.8. The summed E-state index contributed by atoms with van der Waals surface area (Å²) in [4.78, 5) is 4.17. The van der Waals surface area contributed by atoms with Gasteiger partial charge in [-0.05, 0) is 37.7 Å². The first-order chi connectivity index (χ1) is 9.49. The zero-order valence-corrected chi connectivity index (χ0v) is 12.1. The minimum absolute atomic E-state index is 0.254. The quantitative estimate of drug-likeness (QED) is 0.866. The highest BCUT2D eigenvalue weighted by Gasteiger charge is 2.31. The van der Waals surface area contributed by atoms with Crippen LogP contribution in [0.15, 0.2) is 12.1 Å². The molecule has 1 aliphatic rings. The Balaban J connectivity index is 2.11. The van der Waals surface area contributed by atoms with Gasteiger partial charge < -0.3 is 10.6 Å². The van der Waals surface area contributed by atoms with Gasteiger partial charge in [-0.15, -0.1) is 0 Å². The van der Waals surface area contributed by atoms with E-state index in [9.17, 15) is 13.2 Å². The van der Waals surface area contributed by atoms with Gasteiger partial charge in [0, 0.05) is 18.3 Å². The van der Waals surface area contributed by atoms with Crippen LogP contribution in [0.4, 0.5) is 24.8 Å². The zero-order chi connectivity index (χ0) is 14.6. The summed E-state index contributed by atoms with van der Waals surface area (Å²) in [6.07, 6.45) is -2.07. The van der Waals surface area contributed by atoms with Crippen LogP contribution in [0.25, 0.3) is 0 Å². The summed E-state index contributed by atoms with van der Waals surface area (Å²) in [5.74, 6) is 1.66. The smallest absolute Gasteiger partial charge is 0.370 e. The molecular weight excluding hydrogens is 287 g/mol. The fraction of sp³-hybridized carbons (Fsp3) is 0.615. The van der Waals surface area contributed by atoms with Crippen molar-refractivity contribution in [2.75, 3.05) is 29.5 Å². The third-order valence-electron chi connectivity index (χ3n) is 3.05. The van der Waals surface area contributed by atoms with Gasteiger partial charge in [-0.3, -0.25) is 0 Å². The van der Waals surface area contributed by atoms with E-state index in [1.54, 1.807) is 0 Å². The Morgan fingerprint density at radius 2 is 2.00 bits per heavy atom. The normalized spacial score (nSPS) is 19.1. The summed E-state index contributed by atoms with van der Waals surface area (Å²) >= 11 is 1.86. The SMILES string of the molecule is CCNc1cc(C(F)(F)F)cc(NCC2CCCS2)n1. The summed E-state index contributed by atoms with van der Waals surface area (Å²) in [7, 11) is 0. The molecule has 0 radical (unpaired) electrons. The highest BCUT2D eigenvalue weighted by molar-refractivity contribution is 8.00. The molecule has 0 saturated carbocycles. The molecule has 112 valence electrons. The van der Waals surface area contributed by atoms with E-state index < -0.39 is 11.7 Å². The number of nitrogens with one attached hydrogen (secondary N) is 2. The third-order valence-corrected chi connectivity index (χ3v) is 4.44. The molecule has 0 spiro atoms. The van der Waals surface area contributed by atoms with Crippen LogP contribution in [-0.2, 0) is 6.18 Å². The number of rotatable bonds is 5. The van der Waals surface area contributed by atoms with Crippen molar-refractivity contribution in [1.82, 2.24) is 4.98 Å². The molecule has 1 unspecified atom stereocenters. The van der Waals surface area contributed by atoms with E-state index >= 15 is 0 Å². The van der Waals surface area contributed by atoms with Gasteiger partial charge in [0.1, 0.15) is 11.6 Å². The predicted octanol–water partition coefficient (Wildman–Crippen LogP) is 3.84. The van der Waals surface area contributed by atoms with Crippen LogP contribution >= 0.6 is 11.8 Å². The van der Waals surface area contributed by atoms with Crippen molar-refractivity contribution in [2.24, 2.45) is 0 Å². The molecule has 2 heterocycles. The van der Waals surface area contributed by atoms with Gasteiger partial charge in [0.15, 0.2) is 0 Å². The molecule has 1 fully saturated rings. The van der Waals surface area contributed by atoms with Gasteiger partial charge in [0.2, 0.25) is 0 Å². The fourth-order valence-corrected chi connectivity index (χ4v) is 3.28. The number of halogens is 3. The monoisotopic (exact) mass is 305 g/mol. The molecule has 1 aromatic heterocycles. The van der Waals surface area contributed by atoms with Crippen LogP contribution in [-0.4, -0.2) is 29.1 Å². The van der Waals surface area contributed by atoms with E-state index in [1.165, 1.54) is 6.42 Å². The van der Waals surface area contributed by atoms with Crippen molar-refractivity contribution in [3.8, 4) is 0 Å². The van der Waals surface area contributed by atoms with Crippen molar-refractivity contribution in [3.63, 3.8) is 0 Å². The van der Waals surface area contributed by atoms with E-state index in [2.05, 4.69) is 15.6 Å². The minimum Gasteiger partial charge on any atom is -0.370 e. The molecule has 0 bridgehead atoms. The van der Waals surface area contributed by atoms with Crippen LogP contribution in [0.3, 0.4) is 0 Å². The van der Waals surface area contributed by atoms with Crippen molar-refractivity contribution >= 4 is 23.4 Å². The van der Waals surface area contributed by atoms with Crippen LogP contribution in [0.5, 0.6) is 0 Å². The molecule has 2 N–H and O–H groups in total. The maximum Gasteiger partial charge on any atom is 0.416 e. The average Bonchev–Trinajstić information content (AvgIpc) is 2.88. The number of thioether (sulfide) groups is 1. The molecule has 3 nitrogen and oxygen atoms in total. The van der Waals surface area contributed by atoms with Gasteiger partial charge >= 0.3 is 6.18 Å². The van der Waals surface area contributed by atoms with Gasteiger partial charge in [0.25, 0.3) is 0 Å². The highest BCUT2D eigenvalue weighted by Crippen LogP contribution is 2.32. The Hall–Kier alpha value is -1.11. The topological polar surface area (TPSA) is 37.0 Å². The van der Waals surface area contributed by atoms with Crippen molar-refractivity contribution in [1.29, 1.82) is 0 Å². The molecule has 2 rings (SSSR count). The summed E-state index contributed by atoms with van der Waals surface area (Å²) in [5, 5.41) is 6.32. The van der Waals surface area contributed by atoms with Crippen molar-refractivity contribution in [2.45, 2.75) is 31.2 Å². The van der Waals surface area contributed by atoms with Crippen LogP contribution in [0.1, 0.15) is 25.3 Å². The van der Waals surface area contributed by atoms with Crippen molar-refractivity contribution in [3.05, 3.63) is 17.7 Å². The van der Waals surface area contributed by atoms with E-state index in [0.29, 0.717) is 18.3 Å². The van der Waals surface area contributed by atoms with E-state index in [0.717, 1.165) is 24.3 Å². The molecular formula is C13H18F3N3S. The molecule has 1 saturated heterocycles. The van der Waals surface area contributed by atoms with Gasteiger partial charge in [-0.1, -0.05) is 0 Å². The molecule has 0 amide bonds. The number of aromatic nitrogens is 1. The molecule has 20 heavy (non-hydrogen) atoms. The second-order valence-corrected chi connectivity index (χ2v) is 6.08. The van der Waals surface area contributed by atoms with Crippen LogP contribution < -0.4 is 10.6 Å². The Morgan fingerprint density at radius 1 is 1.30 bits per heavy atom. The Labute approximate surface area is 120 Å². The van der Waals surface area contributed by atoms with Gasteiger partial charge in [-0.25, -0.2) is 4.98 Å². The number of alkyl halides is 3. The molecule has 7 heteroatoms. The summed E-state index contributed by atoms with van der Waals surface area (Å²) in [5.41, 5.74) is -0.676. The number of pyridine rings is 1. The number of nitrogens with zero attached hydrogens (tertiary/aromatic N) is 1. The van der Waals surface area contributed by atoms with Gasteiger partial charge in [-0.2, -0.15) is 24.9 Å². The zero-order valence-electron chi connectivity index (χ0n) is 11.3. The predicted molar refractivity (Wildman–Crippen MR) is 77.4 cm³/mol. The standard InChI is InChI=1S/C13H18F3N3S/c1-2-17-11-6-9(13(14,15)16)7-12(19-11)18-8-10-4-3-5-20-10/h6-7,10H,2-5,8H2,1H3,(H2,17,18,19). The Kier molecular flexibility index (Phi) is 5.01. The largest absolute Gasteiger partial charge is 0.416 e. The summed E-state index contributed by atoms with van der Waals surface area (Å²) in [6, 6.07) is 2.11. The van der Waals surface area contributed by atoms with E-state index in [4.69, 9.17) is 0 Å². The molecule has 1 atom stereocenters. The summed E-state index contributed by atoms with van der Waals surface area (Å²) in [6.45, 7) is 3.01. The Bertz CT molecular complexity index is 445. The van der Waals surface area contributed by atoms with E-state index in [1.807, 2.05) is 18.7 Å². The fourth-order valence-electron chi connectivity index (χ4n) is 2.08. The molecule has 1 aromatic rings. The van der Waals surface area contributed by atoms with Crippen LogP contribution in [0, 0.1) is 0 Å². The second-order valence-electron chi connectivity index (χ2n) is 4.67. The number of hydrogen-bond acceptors (Lipinski definition) is 4. The first kappa shape index (κ1) is 15.3. The number of anilines is 2. The third kappa shape index (κ3) is 4.19. The lowest BCUT2D eigenvalue weighted by atomic mass is 10.2. The molecule has 1 aliphatic heterocycles. The highest BCUT2D eigenvalue weighted by atomic mass is 32.2. The second kappa shape index (κ2) is 6.56. The lowest BCUT2D eigenvalue weighted by Gasteiger charge is -2.15. The minimum atomic E-state index is -4.36. The van der Waals surface area contributed by atoms with E-state index in [-0.39, 0.29) is 11.6 Å². The van der Waals surface area contributed by atoms with Crippen molar-refractivity contribution < 1.29 is 13.2 Å². The van der Waals surface area contributed by atoms with Crippen LogP contribution in [0.2, 0.25) is 0 Å². The molecule has 0 aliphatic carbocycles. The average molecular weight is 305 g/mol.